The predicted molar refractivity (Wildman–Crippen MR) is 124 cm³/mol. The van der Waals surface area contributed by atoms with E-state index in [9.17, 15) is 0 Å². The van der Waals surface area contributed by atoms with Gasteiger partial charge in [-0.25, -0.2) is 4.68 Å². The van der Waals surface area contributed by atoms with Crippen molar-refractivity contribution in [1.29, 1.82) is 0 Å². The minimum absolute atomic E-state index is 0.526. The molecule has 0 saturated heterocycles. The molecule has 0 saturated carbocycles. The summed E-state index contributed by atoms with van der Waals surface area (Å²) in [7, 11) is 3.28. The van der Waals surface area contributed by atoms with Gasteiger partial charge >= 0.3 is 0 Å². The molecule has 0 spiro atoms. The van der Waals surface area contributed by atoms with Gasteiger partial charge in [-0.05, 0) is 40.8 Å². The van der Waals surface area contributed by atoms with E-state index in [0.717, 1.165) is 30.9 Å². The molecule has 3 aromatic rings. The van der Waals surface area contributed by atoms with Gasteiger partial charge in [0, 0.05) is 26.1 Å². The van der Waals surface area contributed by atoms with Crippen molar-refractivity contribution in [3.05, 3.63) is 74.4 Å². The summed E-state index contributed by atoms with van der Waals surface area (Å²) in [6, 6.07) is 13.8. The van der Waals surface area contributed by atoms with Gasteiger partial charge in [0.25, 0.3) is 0 Å². The topological polar surface area (TPSA) is 48.1 Å². The Morgan fingerprint density at radius 1 is 1.18 bits per heavy atom. The second-order valence-electron chi connectivity index (χ2n) is 5.68. The van der Waals surface area contributed by atoms with Crippen molar-refractivity contribution in [2.75, 3.05) is 20.8 Å². The van der Waals surface area contributed by atoms with Crippen LogP contribution in [-0.4, -0.2) is 31.7 Å². The lowest BCUT2D eigenvalue weighted by atomic mass is 10.1. The van der Waals surface area contributed by atoms with Crippen molar-refractivity contribution >= 4 is 40.1 Å². The molecule has 1 aromatic heterocycles. The van der Waals surface area contributed by atoms with Gasteiger partial charge in [-0.3, -0.25) is 4.99 Å². The SMILES string of the molecule is C=CCN=c1scc(-c2ccc(OC)cc2OC)n1N=Cc1ccccc1I. The fourth-order valence-electron chi connectivity index (χ4n) is 2.56. The van der Waals surface area contributed by atoms with Gasteiger partial charge < -0.3 is 9.47 Å². The first-order valence-electron chi connectivity index (χ1n) is 8.51. The van der Waals surface area contributed by atoms with E-state index in [1.807, 2.05) is 52.7 Å². The van der Waals surface area contributed by atoms with Gasteiger partial charge in [-0.1, -0.05) is 24.3 Å². The van der Waals surface area contributed by atoms with Gasteiger partial charge in [0.15, 0.2) is 0 Å². The van der Waals surface area contributed by atoms with Crippen molar-refractivity contribution in [1.82, 2.24) is 4.68 Å². The van der Waals surface area contributed by atoms with E-state index < -0.39 is 0 Å². The summed E-state index contributed by atoms with van der Waals surface area (Å²) >= 11 is 3.83. The van der Waals surface area contributed by atoms with Crippen molar-refractivity contribution in [3.8, 4) is 22.8 Å². The molecular weight excluding hydrogens is 485 g/mol. The average molecular weight is 505 g/mol. The molecule has 0 unspecified atom stereocenters. The highest BCUT2D eigenvalue weighted by atomic mass is 127. The van der Waals surface area contributed by atoms with Crippen LogP contribution in [-0.2, 0) is 0 Å². The van der Waals surface area contributed by atoms with Crippen LogP contribution in [0.25, 0.3) is 11.3 Å². The van der Waals surface area contributed by atoms with Crippen LogP contribution in [0.1, 0.15) is 5.56 Å². The standard InChI is InChI=1S/C21H20IN3O2S/c1-4-11-23-21-25(24-13-15-7-5-6-8-18(15)22)19(14-28-21)17-10-9-16(26-2)12-20(17)27-3/h4-10,12-14H,1,11H2,2-3H3. The fourth-order valence-corrected chi connectivity index (χ4v) is 3.92. The largest absolute Gasteiger partial charge is 0.497 e. The zero-order chi connectivity index (χ0) is 19.9. The Balaban J connectivity index is 2.14. The number of aromatic nitrogens is 1. The molecule has 0 fully saturated rings. The first-order chi connectivity index (χ1) is 13.7. The third-order valence-corrected chi connectivity index (χ3v) is 5.78. The van der Waals surface area contributed by atoms with E-state index in [0.29, 0.717) is 12.3 Å². The van der Waals surface area contributed by atoms with Crippen molar-refractivity contribution in [2.24, 2.45) is 10.1 Å². The van der Waals surface area contributed by atoms with Crippen LogP contribution in [0.2, 0.25) is 0 Å². The number of ether oxygens (including phenoxy) is 2. The molecule has 5 nitrogen and oxygen atoms in total. The van der Waals surface area contributed by atoms with Gasteiger partial charge in [0.1, 0.15) is 11.5 Å². The molecular formula is C21H20IN3O2S. The fraction of sp³-hybridized carbons (Fsp3) is 0.143. The molecule has 1 heterocycles. The highest BCUT2D eigenvalue weighted by Gasteiger charge is 2.13. The summed E-state index contributed by atoms with van der Waals surface area (Å²) in [6.45, 7) is 4.28. The van der Waals surface area contributed by atoms with Crippen LogP contribution in [0.5, 0.6) is 11.5 Å². The molecule has 0 amide bonds. The second kappa shape index (κ2) is 9.70. The lowest BCUT2D eigenvalue weighted by Gasteiger charge is -2.11. The molecule has 28 heavy (non-hydrogen) atoms. The molecule has 0 aliphatic rings. The number of halogens is 1. The molecule has 0 aliphatic carbocycles. The van der Waals surface area contributed by atoms with Gasteiger partial charge in [0.2, 0.25) is 4.80 Å². The van der Waals surface area contributed by atoms with E-state index in [-0.39, 0.29) is 0 Å². The maximum atomic E-state index is 5.58. The molecule has 2 aromatic carbocycles. The number of rotatable bonds is 7. The van der Waals surface area contributed by atoms with Crippen LogP contribution >= 0.6 is 33.9 Å². The molecule has 0 radical (unpaired) electrons. The average Bonchev–Trinajstić information content (AvgIpc) is 3.13. The smallest absolute Gasteiger partial charge is 0.206 e. The summed E-state index contributed by atoms with van der Waals surface area (Å²) in [6.07, 6.45) is 3.61. The highest BCUT2D eigenvalue weighted by molar-refractivity contribution is 14.1. The Hall–Kier alpha value is -2.39. The number of nitrogens with zero attached hydrogens (tertiary/aromatic N) is 3. The Morgan fingerprint density at radius 3 is 2.71 bits per heavy atom. The maximum absolute atomic E-state index is 5.58. The number of hydrogen-bond acceptors (Lipinski definition) is 5. The normalized spacial score (nSPS) is 11.8. The molecule has 144 valence electrons. The third-order valence-electron chi connectivity index (χ3n) is 3.94. The lowest BCUT2D eigenvalue weighted by Crippen LogP contribution is -2.13. The van der Waals surface area contributed by atoms with Crippen LogP contribution in [0.4, 0.5) is 0 Å². The summed E-state index contributed by atoms with van der Waals surface area (Å²) in [5.41, 5.74) is 2.86. The zero-order valence-electron chi connectivity index (χ0n) is 15.6. The van der Waals surface area contributed by atoms with Gasteiger partial charge in [0.05, 0.1) is 32.7 Å². The second-order valence-corrected chi connectivity index (χ2v) is 7.68. The predicted octanol–water partition coefficient (Wildman–Crippen LogP) is 4.81. The number of benzene rings is 2. The van der Waals surface area contributed by atoms with Crippen molar-refractivity contribution < 1.29 is 9.47 Å². The van der Waals surface area contributed by atoms with E-state index in [1.54, 1.807) is 20.3 Å². The van der Waals surface area contributed by atoms with E-state index >= 15 is 0 Å². The number of hydrogen-bond donors (Lipinski definition) is 0. The zero-order valence-corrected chi connectivity index (χ0v) is 18.6. The Kier molecular flexibility index (Phi) is 7.05. The van der Waals surface area contributed by atoms with E-state index in [1.165, 1.54) is 11.3 Å². The summed E-state index contributed by atoms with van der Waals surface area (Å²) < 4.78 is 13.9. The minimum Gasteiger partial charge on any atom is -0.497 e. The minimum atomic E-state index is 0.526. The highest BCUT2D eigenvalue weighted by Crippen LogP contribution is 2.33. The van der Waals surface area contributed by atoms with Crippen LogP contribution < -0.4 is 14.3 Å². The van der Waals surface area contributed by atoms with Crippen LogP contribution in [0, 0.1) is 3.57 Å². The van der Waals surface area contributed by atoms with Crippen LogP contribution in [0.3, 0.4) is 0 Å². The van der Waals surface area contributed by atoms with E-state index in [2.05, 4.69) is 40.2 Å². The van der Waals surface area contributed by atoms with Gasteiger partial charge in [-0.2, -0.15) is 5.10 Å². The van der Waals surface area contributed by atoms with Gasteiger partial charge in [-0.15, -0.1) is 17.9 Å². The molecule has 0 aliphatic heterocycles. The first-order valence-corrected chi connectivity index (χ1v) is 10.5. The monoisotopic (exact) mass is 505 g/mol. The Labute approximate surface area is 181 Å². The van der Waals surface area contributed by atoms with Crippen molar-refractivity contribution in [3.63, 3.8) is 0 Å². The van der Waals surface area contributed by atoms with Crippen LogP contribution in [0.15, 0.2) is 70.6 Å². The summed E-state index contributed by atoms with van der Waals surface area (Å²) in [4.78, 5) is 5.36. The molecule has 0 N–H and O–H groups in total. The quantitative estimate of drug-likeness (QED) is 0.263. The van der Waals surface area contributed by atoms with Crippen molar-refractivity contribution in [2.45, 2.75) is 0 Å². The summed E-state index contributed by atoms with van der Waals surface area (Å²) in [5.74, 6) is 1.45. The lowest BCUT2D eigenvalue weighted by molar-refractivity contribution is 0.395. The maximum Gasteiger partial charge on any atom is 0.206 e. The molecule has 0 atom stereocenters. The number of methoxy groups -OCH3 is 2. The first kappa shape index (κ1) is 20.3. The summed E-state index contributed by atoms with van der Waals surface area (Å²) in [5, 5.41) is 6.75. The third kappa shape index (κ3) is 4.53. The Bertz CT molecular complexity index is 1070. The van der Waals surface area contributed by atoms with E-state index in [4.69, 9.17) is 14.6 Å². The molecule has 3 rings (SSSR count). The molecule has 0 bridgehead atoms. The number of thiazole rings is 1. The Morgan fingerprint density at radius 2 is 2.00 bits per heavy atom. The molecule has 7 heteroatoms.